The number of amides is 1. The third-order valence-corrected chi connectivity index (χ3v) is 2.70. The Morgan fingerprint density at radius 3 is 2.89 bits per heavy atom. The lowest BCUT2D eigenvalue weighted by atomic mass is 9.95. The summed E-state index contributed by atoms with van der Waals surface area (Å²) in [6, 6.07) is 5.57. The Labute approximate surface area is 113 Å². The lowest BCUT2D eigenvalue weighted by Gasteiger charge is -2.13. The van der Waals surface area contributed by atoms with Gasteiger partial charge in [0.05, 0.1) is 13.0 Å². The lowest BCUT2D eigenvalue weighted by Crippen LogP contribution is -2.25. The van der Waals surface area contributed by atoms with Crippen LogP contribution in [0, 0.1) is 0 Å². The molecule has 3 nitrogen and oxygen atoms in total. The average molecular weight is 268 g/mol. The fraction of sp³-hybridized carbons (Fsp3) is 0.357. The molecule has 1 rings (SSSR count). The van der Waals surface area contributed by atoms with Crippen LogP contribution in [0.2, 0.25) is 5.02 Å². The molecule has 1 N–H and O–H groups in total. The molecule has 0 saturated heterocycles. The highest BCUT2D eigenvalue weighted by Crippen LogP contribution is 2.23. The minimum absolute atomic E-state index is 0.180. The molecule has 1 aromatic rings. The number of hydroxylamine groups is 1. The maximum absolute atomic E-state index is 11.6. The molecule has 0 fully saturated rings. The molecule has 0 aromatic heterocycles. The second kappa shape index (κ2) is 7.19. The monoisotopic (exact) mass is 267 g/mol. The zero-order chi connectivity index (χ0) is 13.5. The summed E-state index contributed by atoms with van der Waals surface area (Å²) in [4.78, 5) is 16.5. The van der Waals surface area contributed by atoms with Gasteiger partial charge in [0.15, 0.2) is 0 Å². The van der Waals surface area contributed by atoms with Crippen molar-refractivity contribution in [2.45, 2.75) is 26.2 Å². The SMILES string of the molecule is C=CCONC(=O)Cc1ccc(Cl)cc1C(C)C. The summed E-state index contributed by atoms with van der Waals surface area (Å²) in [6.45, 7) is 7.93. The van der Waals surface area contributed by atoms with Crippen molar-refractivity contribution < 1.29 is 9.63 Å². The summed E-state index contributed by atoms with van der Waals surface area (Å²) in [5, 5.41) is 0.686. The number of carbonyl (C=O) groups excluding carboxylic acids is 1. The van der Waals surface area contributed by atoms with Crippen molar-refractivity contribution in [3.8, 4) is 0 Å². The number of rotatable bonds is 6. The Bertz CT molecular complexity index is 430. The van der Waals surface area contributed by atoms with Crippen LogP contribution in [0.15, 0.2) is 30.9 Å². The van der Waals surface area contributed by atoms with E-state index in [1.54, 1.807) is 12.1 Å². The molecule has 0 aliphatic heterocycles. The standard InChI is InChI=1S/C14H18ClNO2/c1-4-7-18-16-14(17)8-11-5-6-12(15)9-13(11)10(2)3/h4-6,9-10H,1,7-8H2,2-3H3,(H,16,17). The maximum atomic E-state index is 11.6. The number of hydrogen-bond acceptors (Lipinski definition) is 2. The lowest BCUT2D eigenvalue weighted by molar-refractivity contribution is -0.131. The fourth-order valence-electron chi connectivity index (χ4n) is 1.65. The highest BCUT2D eigenvalue weighted by Gasteiger charge is 2.11. The number of hydrogen-bond donors (Lipinski definition) is 1. The first kappa shape index (κ1) is 14.7. The summed E-state index contributed by atoms with van der Waals surface area (Å²) < 4.78 is 0. The largest absolute Gasteiger partial charge is 0.272 e. The quantitative estimate of drug-likeness (QED) is 0.488. The number of halogens is 1. The van der Waals surface area contributed by atoms with E-state index in [9.17, 15) is 4.79 Å². The van der Waals surface area contributed by atoms with Crippen LogP contribution in [-0.4, -0.2) is 12.5 Å². The Kier molecular flexibility index (Phi) is 5.89. The zero-order valence-corrected chi connectivity index (χ0v) is 11.5. The van der Waals surface area contributed by atoms with Gasteiger partial charge < -0.3 is 0 Å². The highest BCUT2D eigenvalue weighted by atomic mass is 35.5. The van der Waals surface area contributed by atoms with Crippen molar-refractivity contribution in [3.63, 3.8) is 0 Å². The first-order chi connectivity index (χ1) is 8.54. The predicted octanol–water partition coefficient (Wildman–Crippen LogP) is 3.24. The molecular formula is C14H18ClNO2. The van der Waals surface area contributed by atoms with Crippen LogP contribution in [0.3, 0.4) is 0 Å². The van der Waals surface area contributed by atoms with Gasteiger partial charge in [-0.05, 0) is 29.2 Å². The number of nitrogens with one attached hydrogen (secondary N) is 1. The molecule has 0 radical (unpaired) electrons. The van der Waals surface area contributed by atoms with Crippen LogP contribution in [0.25, 0.3) is 0 Å². The van der Waals surface area contributed by atoms with Crippen molar-refractivity contribution in [3.05, 3.63) is 47.0 Å². The molecule has 0 saturated carbocycles. The van der Waals surface area contributed by atoms with Gasteiger partial charge in [-0.3, -0.25) is 9.63 Å². The normalized spacial score (nSPS) is 10.4. The van der Waals surface area contributed by atoms with Crippen LogP contribution in [0.4, 0.5) is 0 Å². The molecule has 1 aromatic carbocycles. The highest BCUT2D eigenvalue weighted by molar-refractivity contribution is 6.30. The van der Waals surface area contributed by atoms with E-state index in [1.165, 1.54) is 0 Å². The van der Waals surface area contributed by atoms with Gasteiger partial charge >= 0.3 is 0 Å². The van der Waals surface area contributed by atoms with Gasteiger partial charge in [-0.25, -0.2) is 5.48 Å². The predicted molar refractivity (Wildman–Crippen MR) is 73.5 cm³/mol. The molecular weight excluding hydrogens is 250 g/mol. The Balaban J connectivity index is 2.71. The second-order valence-corrected chi connectivity index (χ2v) is 4.74. The zero-order valence-electron chi connectivity index (χ0n) is 10.7. The fourth-order valence-corrected chi connectivity index (χ4v) is 1.83. The van der Waals surface area contributed by atoms with Crippen molar-refractivity contribution in [2.24, 2.45) is 0 Å². The van der Waals surface area contributed by atoms with Gasteiger partial charge in [0, 0.05) is 5.02 Å². The molecule has 18 heavy (non-hydrogen) atoms. The van der Waals surface area contributed by atoms with E-state index in [4.69, 9.17) is 16.4 Å². The maximum Gasteiger partial charge on any atom is 0.247 e. The minimum Gasteiger partial charge on any atom is -0.272 e. The second-order valence-electron chi connectivity index (χ2n) is 4.30. The van der Waals surface area contributed by atoms with Crippen LogP contribution in [0.5, 0.6) is 0 Å². The molecule has 98 valence electrons. The molecule has 4 heteroatoms. The third kappa shape index (κ3) is 4.51. The molecule has 0 bridgehead atoms. The van der Waals surface area contributed by atoms with E-state index >= 15 is 0 Å². The summed E-state index contributed by atoms with van der Waals surface area (Å²) in [5.41, 5.74) is 4.42. The van der Waals surface area contributed by atoms with Crippen LogP contribution >= 0.6 is 11.6 Å². The average Bonchev–Trinajstić information content (AvgIpc) is 2.31. The van der Waals surface area contributed by atoms with Gasteiger partial charge in [-0.2, -0.15) is 0 Å². The third-order valence-electron chi connectivity index (χ3n) is 2.47. The van der Waals surface area contributed by atoms with Crippen molar-refractivity contribution >= 4 is 17.5 Å². The van der Waals surface area contributed by atoms with Crippen molar-refractivity contribution in [1.29, 1.82) is 0 Å². The van der Waals surface area contributed by atoms with E-state index in [1.807, 2.05) is 12.1 Å². The number of benzene rings is 1. The van der Waals surface area contributed by atoms with Crippen LogP contribution in [0.1, 0.15) is 30.9 Å². The van der Waals surface area contributed by atoms with Gasteiger partial charge in [-0.15, -0.1) is 6.58 Å². The summed E-state index contributed by atoms with van der Waals surface area (Å²) >= 11 is 5.96. The van der Waals surface area contributed by atoms with Gasteiger partial charge in [-0.1, -0.05) is 37.6 Å². The Morgan fingerprint density at radius 2 is 2.28 bits per heavy atom. The molecule has 0 aliphatic carbocycles. The summed E-state index contributed by atoms with van der Waals surface area (Å²) in [5.74, 6) is 0.140. The Morgan fingerprint density at radius 1 is 1.56 bits per heavy atom. The molecule has 0 aliphatic rings. The molecule has 0 unspecified atom stereocenters. The first-order valence-electron chi connectivity index (χ1n) is 5.84. The first-order valence-corrected chi connectivity index (χ1v) is 6.22. The topological polar surface area (TPSA) is 38.3 Å². The van der Waals surface area contributed by atoms with Gasteiger partial charge in [0.2, 0.25) is 5.91 Å². The van der Waals surface area contributed by atoms with Crippen molar-refractivity contribution in [2.75, 3.05) is 6.61 Å². The van der Waals surface area contributed by atoms with Crippen LogP contribution in [-0.2, 0) is 16.1 Å². The van der Waals surface area contributed by atoms with Gasteiger partial charge in [0.25, 0.3) is 0 Å². The Hall–Kier alpha value is -1.32. The van der Waals surface area contributed by atoms with E-state index in [-0.39, 0.29) is 12.3 Å². The molecule has 0 atom stereocenters. The van der Waals surface area contributed by atoms with E-state index < -0.39 is 0 Å². The summed E-state index contributed by atoms with van der Waals surface area (Å²) in [7, 11) is 0. The molecule has 0 spiro atoms. The van der Waals surface area contributed by atoms with E-state index in [0.717, 1.165) is 11.1 Å². The minimum atomic E-state index is -0.180. The number of carbonyl (C=O) groups is 1. The van der Waals surface area contributed by atoms with Crippen LogP contribution < -0.4 is 5.48 Å². The smallest absolute Gasteiger partial charge is 0.247 e. The van der Waals surface area contributed by atoms with Crippen molar-refractivity contribution in [1.82, 2.24) is 5.48 Å². The molecule has 0 heterocycles. The van der Waals surface area contributed by atoms with Gasteiger partial charge in [0.1, 0.15) is 0 Å². The molecule has 1 amide bonds. The summed E-state index contributed by atoms with van der Waals surface area (Å²) in [6.07, 6.45) is 1.85. The van der Waals surface area contributed by atoms with E-state index in [2.05, 4.69) is 25.9 Å². The van der Waals surface area contributed by atoms with E-state index in [0.29, 0.717) is 17.5 Å².